The molecular formula is C27H22N2O3S. The molecule has 5 nitrogen and oxygen atoms in total. The van der Waals surface area contributed by atoms with Crippen molar-refractivity contribution in [1.29, 1.82) is 0 Å². The van der Waals surface area contributed by atoms with Crippen LogP contribution < -0.4 is 4.74 Å². The Morgan fingerprint density at radius 1 is 0.970 bits per heavy atom. The Balaban J connectivity index is 1.78. The van der Waals surface area contributed by atoms with Crippen LogP contribution in [0.25, 0.3) is 16.5 Å². The second kappa shape index (κ2) is 9.19. The van der Waals surface area contributed by atoms with Gasteiger partial charge in [0.05, 0.1) is 33.7 Å². The molecule has 0 fully saturated rings. The molecular weight excluding hydrogens is 432 g/mol. The largest absolute Gasteiger partial charge is 0.506 e. The fourth-order valence-corrected chi connectivity index (χ4v) is 4.67. The number of methoxy groups -OCH3 is 1. The number of aromatic nitrogens is 1. The topological polar surface area (TPSA) is 71.8 Å². The quantitative estimate of drug-likeness (QED) is 0.305. The van der Waals surface area contributed by atoms with Gasteiger partial charge in [0.25, 0.3) is 0 Å². The molecule has 0 aliphatic heterocycles. The van der Waals surface area contributed by atoms with E-state index in [0.29, 0.717) is 33.2 Å². The molecule has 1 atom stereocenters. The number of nitrogens with zero attached hydrogens (tertiary/aromatic N) is 2. The molecule has 33 heavy (non-hydrogen) atoms. The third-order valence-electron chi connectivity index (χ3n) is 5.07. The summed E-state index contributed by atoms with van der Waals surface area (Å²) >= 11 is 0. The van der Waals surface area contributed by atoms with Gasteiger partial charge in [-0.2, -0.15) is 4.36 Å². The molecule has 0 spiro atoms. The predicted molar refractivity (Wildman–Crippen MR) is 133 cm³/mol. The molecule has 1 heterocycles. The maximum Gasteiger partial charge on any atom is 0.134 e. The summed E-state index contributed by atoms with van der Waals surface area (Å²) in [4.78, 5) is 4.93. The van der Waals surface area contributed by atoms with E-state index in [1.807, 2.05) is 42.5 Å². The molecule has 0 radical (unpaired) electrons. The van der Waals surface area contributed by atoms with Crippen LogP contribution in [-0.2, 0) is 9.73 Å². The Kier molecular flexibility index (Phi) is 6.16. The van der Waals surface area contributed by atoms with E-state index in [9.17, 15) is 9.32 Å². The maximum absolute atomic E-state index is 13.4. The van der Waals surface area contributed by atoms with Crippen molar-refractivity contribution in [1.82, 2.24) is 4.98 Å². The summed E-state index contributed by atoms with van der Waals surface area (Å²) in [6, 6.07) is 22.0. The fraction of sp³-hybridized carbons (Fsp3) is 0.0741. The van der Waals surface area contributed by atoms with Gasteiger partial charge in [0.2, 0.25) is 0 Å². The van der Waals surface area contributed by atoms with Gasteiger partial charge in [-0.1, -0.05) is 54.8 Å². The molecule has 4 rings (SSSR count). The molecule has 0 saturated heterocycles. The van der Waals surface area contributed by atoms with Crippen molar-refractivity contribution in [3.05, 3.63) is 102 Å². The Labute approximate surface area is 193 Å². The second-order valence-corrected chi connectivity index (χ2v) is 9.61. The van der Waals surface area contributed by atoms with Crippen LogP contribution in [0.3, 0.4) is 0 Å². The predicted octanol–water partition coefficient (Wildman–Crippen LogP) is 5.96. The van der Waals surface area contributed by atoms with Crippen molar-refractivity contribution in [2.75, 3.05) is 13.4 Å². The molecule has 1 unspecified atom stereocenters. The Hall–Kier alpha value is -4.08. The van der Waals surface area contributed by atoms with Crippen LogP contribution in [-0.4, -0.2) is 27.7 Å². The second-order valence-electron chi connectivity index (χ2n) is 7.35. The summed E-state index contributed by atoms with van der Waals surface area (Å²) in [5.74, 6) is 6.91. The summed E-state index contributed by atoms with van der Waals surface area (Å²) < 4.78 is 23.1. The lowest BCUT2D eigenvalue weighted by Gasteiger charge is -2.07. The van der Waals surface area contributed by atoms with Crippen LogP contribution in [0.5, 0.6) is 5.75 Å². The van der Waals surface area contributed by atoms with Crippen molar-refractivity contribution < 1.29 is 14.1 Å². The zero-order valence-electron chi connectivity index (χ0n) is 18.3. The highest BCUT2D eigenvalue weighted by molar-refractivity contribution is 7.93. The summed E-state index contributed by atoms with van der Waals surface area (Å²) in [7, 11) is -1.10. The van der Waals surface area contributed by atoms with Gasteiger partial charge in [0, 0.05) is 28.1 Å². The van der Waals surface area contributed by atoms with Gasteiger partial charge in [0.15, 0.2) is 0 Å². The average molecular weight is 455 g/mol. The van der Waals surface area contributed by atoms with E-state index >= 15 is 0 Å². The first kappa shape index (κ1) is 22.1. The summed E-state index contributed by atoms with van der Waals surface area (Å²) in [6.07, 6.45) is 3.23. The minimum atomic E-state index is -2.69. The van der Waals surface area contributed by atoms with Crippen LogP contribution in [0.2, 0.25) is 0 Å². The van der Waals surface area contributed by atoms with Gasteiger partial charge in [0.1, 0.15) is 17.2 Å². The molecule has 6 heteroatoms. The highest BCUT2D eigenvalue weighted by Gasteiger charge is 2.10. The van der Waals surface area contributed by atoms with Crippen molar-refractivity contribution in [3.8, 4) is 17.6 Å². The summed E-state index contributed by atoms with van der Waals surface area (Å²) in [6.45, 7) is 3.59. The highest BCUT2D eigenvalue weighted by Crippen LogP contribution is 2.26. The lowest BCUT2D eigenvalue weighted by atomic mass is 10.0. The number of hydrogen-bond donors (Lipinski definition) is 1. The smallest absolute Gasteiger partial charge is 0.134 e. The minimum absolute atomic E-state index is 0.0916. The average Bonchev–Trinajstić information content (AvgIpc) is 2.83. The molecule has 1 aromatic heterocycles. The minimum Gasteiger partial charge on any atom is -0.506 e. The van der Waals surface area contributed by atoms with Crippen molar-refractivity contribution in [2.45, 2.75) is 4.90 Å². The van der Waals surface area contributed by atoms with E-state index in [1.54, 1.807) is 49.9 Å². The van der Waals surface area contributed by atoms with Gasteiger partial charge in [-0.15, -0.1) is 0 Å². The summed E-state index contributed by atoms with van der Waals surface area (Å²) in [5.41, 5.74) is 2.33. The van der Waals surface area contributed by atoms with Crippen LogP contribution >= 0.6 is 0 Å². The van der Waals surface area contributed by atoms with Crippen molar-refractivity contribution in [2.24, 2.45) is 4.36 Å². The Bertz CT molecular complexity index is 1540. The van der Waals surface area contributed by atoms with E-state index in [1.165, 1.54) is 0 Å². The lowest BCUT2D eigenvalue weighted by Crippen LogP contribution is -1.97. The number of benzene rings is 3. The zero-order chi connectivity index (χ0) is 23.4. The molecule has 0 bridgehead atoms. The zero-order valence-corrected chi connectivity index (χ0v) is 19.1. The molecule has 3 aromatic carbocycles. The van der Waals surface area contributed by atoms with Gasteiger partial charge >= 0.3 is 0 Å². The first-order chi connectivity index (χ1) is 15.9. The van der Waals surface area contributed by atoms with Crippen LogP contribution in [0.15, 0.2) is 94.8 Å². The number of aliphatic hydroxyl groups is 1. The monoisotopic (exact) mass is 454 g/mol. The molecule has 0 aliphatic rings. The van der Waals surface area contributed by atoms with Gasteiger partial charge in [-0.25, -0.2) is 4.21 Å². The maximum atomic E-state index is 13.4. The first-order valence-corrected chi connectivity index (χ1v) is 12.0. The molecule has 0 amide bonds. The van der Waals surface area contributed by atoms with Crippen molar-refractivity contribution in [3.63, 3.8) is 0 Å². The number of ether oxygens (including phenoxy) is 1. The lowest BCUT2D eigenvalue weighted by molar-refractivity contribution is 0.414. The Morgan fingerprint density at radius 2 is 1.61 bits per heavy atom. The van der Waals surface area contributed by atoms with E-state index < -0.39 is 9.73 Å². The SMILES string of the molecule is C=C(O)c1ncc(C#Cc2ccccc2N=S(C)(=O)c2ccc(OC)cc2)c2ccccc12. The third kappa shape index (κ3) is 4.74. The van der Waals surface area contributed by atoms with E-state index in [2.05, 4.69) is 27.8 Å². The molecule has 0 aliphatic carbocycles. The third-order valence-corrected chi connectivity index (χ3v) is 6.77. The van der Waals surface area contributed by atoms with Gasteiger partial charge in [-0.3, -0.25) is 4.98 Å². The number of aliphatic hydroxyl groups excluding tert-OH is 1. The summed E-state index contributed by atoms with van der Waals surface area (Å²) in [5, 5.41) is 11.5. The Morgan fingerprint density at radius 3 is 2.30 bits per heavy atom. The van der Waals surface area contributed by atoms with Crippen LogP contribution in [0.4, 0.5) is 5.69 Å². The molecule has 1 N–H and O–H groups in total. The normalized spacial score (nSPS) is 12.3. The fourth-order valence-electron chi connectivity index (χ4n) is 3.38. The number of hydrogen-bond acceptors (Lipinski definition) is 5. The number of rotatable bonds is 4. The highest BCUT2D eigenvalue weighted by atomic mass is 32.2. The van der Waals surface area contributed by atoms with Gasteiger partial charge < -0.3 is 9.84 Å². The molecule has 4 aromatic rings. The van der Waals surface area contributed by atoms with Gasteiger partial charge in [-0.05, 0) is 36.4 Å². The first-order valence-electron chi connectivity index (χ1n) is 10.1. The van der Waals surface area contributed by atoms with E-state index in [-0.39, 0.29) is 5.76 Å². The van der Waals surface area contributed by atoms with Crippen molar-refractivity contribution >= 4 is 31.9 Å². The van der Waals surface area contributed by atoms with E-state index in [0.717, 1.165) is 10.8 Å². The number of pyridine rings is 1. The van der Waals surface area contributed by atoms with E-state index in [4.69, 9.17) is 4.74 Å². The number of fused-ring (bicyclic) bond motifs is 1. The van der Waals surface area contributed by atoms with Crippen LogP contribution in [0, 0.1) is 11.8 Å². The molecule has 0 saturated carbocycles. The standard InChI is InChI=1S/C27H22N2O3S/c1-19(30)27-25-10-6-5-9-24(25)21(18-28-27)13-12-20-8-4-7-11-26(20)29-33(3,31)23-16-14-22(32-2)15-17-23/h4-11,14-18,30H,1H2,2-3H3. The van der Waals surface area contributed by atoms with Crippen LogP contribution in [0.1, 0.15) is 16.8 Å². The molecule has 164 valence electrons.